The third kappa shape index (κ3) is 1.42. The minimum Gasteiger partial charge on any atom is -0.493 e. The van der Waals surface area contributed by atoms with E-state index in [0.717, 1.165) is 29.9 Å². The Kier molecular flexibility index (Phi) is 2.11. The van der Waals surface area contributed by atoms with Crippen molar-refractivity contribution < 1.29 is 4.74 Å². The number of rotatable bonds is 1. The summed E-state index contributed by atoms with van der Waals surface area (Å²) in [6, 6.07) is 7.66. The number of nitrogens with two attached hydrogens (primary N) is 1. The maximum absolute atomic E-state index is 8.46. The van der Waals surface area contributed by atoms with Gasteiger partial charge in [-0.25, -0.2) is 0 Å². The zero-order valence-corrected chi connectivity index (χ0v) is 7.66. The van der Waals surface area contributed by atoms with Gasteiger partial charge in [0.05, 0.1) is 12.7 Å². The van der Waals surface area contributed by atoms with E-state index in [4.69, 9.17) is 15.7 Å². The third-order valence-corrected chi connectivity index (χ3v) is 2.24. The summed E-state index contributed by atoms with van der Waals surface area (Å²) < 4.78 is 5.37. The number of fused-ring (bicyclic) bond motifs is 1. The van der Waals surface area contributed by atoms with E-state index >= 15 is 0 Å². The Morgan fingerprint density at radius 3 is 3.21 bits per heavy atom. The highest BCUT2D eigenvalue weighted by molar-refractivity contribution is 5.66. The minimum absolute atomic E-state index is 0.502. The highest BCUT2D eigenvalue weighted by Crippen LogP contribution is 2.27. The van der Waals surface area contributed by atoms with Crippen molar-refractivity contribution in [3.8, 4) is 11.8 Å². The smallest absolute Gasteiger partial charge is 0.122 e. The lowest BCUT2D eigenvalue weighted by atomic mass is 10.1. The molecule has 0 aliphatic carbocycles. The van der Waals surface area contributed by atoms with Gasteiger partial charge in [0, 0.05) is 18.2 Å². The Morgan fingerprint density at radius 2 is 2.43 bits per heavy atom. The van der Waals surface area contributed by atoms with Crippen LogP contribution in [0.15, 0.2) is 24.3 Å². The normalized spacial score (nSPS) is 14.4. The standard InChI is InChI=1S/C11H10N2O/c12-5-3-10(13)8-1-2-11-9(7-8)4-6-14-11/h1-3,7H,4,6,13H2/b10-3+. The minimum atomic E-state index is 0.502. The molecular weight excluding hydrogens is 176 g/mol. The van der Waals surface area contributed by atoms with Gasteiger partial charge in [0.15, 0.2) is 0 Å². The van der Waals surface area contributed by atoms with Crippen LogP contribution in [0.4, 0.5) is 0 Å². The summed E-state index contributed by atoms with van der Waals surface area (Å²) in [5.41, 5.74) is 8.25. The largest absolute Gasteiger partial charge is 0.493 e. The molecular formula is C11H10N2O. The van der Waals surface area contributed by atoms with Crippen LogP contribution in [0.1, 0.15) is 11.1 Å². The molecule has 3 nitrogen and oxygen atoms in total. The predicted molar refractivity (Wildman–Crippen MR) is 53.4 cm³/mol. The first-order valence-corrected chi connectivity index (χ1v) is 4.42. The highest BCUT2D eigenvalue weighted by atomic mass is 16.5. The molecule has 2 rings (SSSR count). The molecule has 0 amide bonds. The zero-order chi connectivity index (χ0) is 9.97. The van der Waals surface area contributed by atoms with Crippen molar-refractivity contribution in [3.05, 3.63) is 35.4 Å². The lowest BCUT2D eigenvalue weighted by Gasteiger charge is -2.02. The number of benzene rings is 1. The van der Waals surface area contributed by atoms with E-state index in [9.17, 15) is 0 Å². The predicted octanol–water partition coefficient (Wildman–Crippen LogP) is 1.44. The summed E-state index contributed by atoms with van der Waals surface area (Å²) in [6.07, 6.45) is 2.26. The second-order valence-corrected chi connectivity index (χ2v) is 3.15. The quantitative estimate of drug-likeness (QED) is 0.675. The number of allylic oxidation sites excluding steroid dienone is 1. The van der Waals surface area contributed by atoms with Gasteiger partial charge in [0.1, 0.15) is 5.75 Å². The third-order valence-electron chi connectivity index (χ3n) is 2.24. The van der Waals surface area contributed by atoms with E-state index in [-0.39, 0.29) is 0 Å². The van der Waals surface area contributed by atoms with Gasteiger partial charge in [0.2, 0.25) is 0 Å². The molecule has 14 heavy (non-hydrogen) atoms. The highest BCUT2D eigenvalue weighted by Gasteiger charge is 2.12. The van der Waals surface area contributed by atoms with Gasteiger partial charge in [-0.2, -0.15) is 5.26 Å². The van der Waals surface area contributed by atoms with E-state index in [1.54, 1.807) is 0 Å². The van der Waals surface area contributed by atoms with Gasteiger partial charge in [0.25, 0.3) is 0 Å². The molecule has 1 aliphatic rings. The summed E-state index contributed by atoms with van der Waals surface area (Å²) in [4.78, 5) is 0. The molecule has 2 N–H and O–H groups in total. The first-order valence-electron chi connectivity index (χ1n) is 4.42. The second kappa shape index (κ2) is 3.43. The van der Waals surface area contributed by atoms with Crippen LogP contribution >= 0.6 is 0 Å². The summed E-state index contributed by atoms with van der Waals surface area (Å²) in [6.45, 7) is 0.737. The van der Waals surface area contributed by atoms with Crippen molar-refractivity contribution in [3.63, 3.8) is 0 Å². The van der Waals surface area contributed by atoms with Crippen molar-refractivity contribution in [1.29, 1.82) is 5.26 Å². The SMILES string of the molecule is N#C/C=C(/N)c1ccc2c(c1)CCO2. The Morgan fingerprint density at radius 1 is 1.57 bits per heavy atom. The monoisotopic (exact) mass is 186 g/mol. The van der Waals surface area contributed by atoms with E-state index in [2.05, 4.69) is 0 Å². The van der Waals surface area contributed by atoms with Crippen LogP contribution in [0.25, 0.3) is 5.70 Å². The van der Waals surface area contributed by atoms with Crippen LogP contribution in [0.3, 0.4) is 0 Å². The molecule has 1 aliphatic heterocycles. The van der Waals surface area contributed by atoms with Crippen molar-refractivity contribution in [2.75, 3.05) is 6.61 Å². The molecule has 0 unspecified atom stereocenters. The molecule has 1 heterocycles. The van der Waals surface area contributed by atoms with Crippen molar-refractivity contribution in [2.24, 2.45) is 5.73 Å². The van der Waals surface area contributed by atoms with Crippen molar-refractivity contribution in [2.45, 2.75) is 6.42 Å². The van der Waals surface area contributed by atoms with Crippen LogP contribution in [-0.2, 0) is 6.42 Å². The Bertz CT molecular complexity index is 429. The second-order valence-electron chi connectivity index (χ2n) is 3.15. The maximum atomic E-state index is 8.46. The van der Waals surface area contributed by atoms with E-state index in [0.29, 0.717) is 5.70 Å². The molecule has 0 atom stereocenters. The summed E-state index contributed by atoms with van der Waals surface area (Å²) >= 11 is 0. The molecule has 0 saturated carbocycles. The van der Waals surface area contributed by atoms with Gasteiger partial charge in [-0.15, -0.1) is 0 Å². The summed E-state index contributed by atoms with van der Waals surface area (Å²) in [5.74, 6) is 0.929. The van der Waals surface area contributed by atoms with Gasteiger partial charge in [-0.3, -0.25) is 0 Å². The van der Waals surface area contributed by atoms with Crippen LogP contribution in [-0.4, -0.2) is 6.61 Å². The molecule has 1 aromatic rings. The summed E-state index contributed by atoms with van der Waals surface area (Å²) in [7, 11) is 0. The molecule has 0 spiro atoms. The summed E-state index contributed by atoms with van der Waals surface area (Å²) in [5, 5.41) is 8.46. The number of hydrogen-bond acceptors (Lipinski definition) is 3. The fourth-order valence-electron chi connectivity index (χ4n) is 1.52. The van der Waals surface area contributed by atoms with Crippen LogP contribution < -0.4 is 10.5 Å². The first kappa shape index (κ1) is 8.64. The fraction of sp³-hybridized carbons (Fsp3) is 0.182. The number of nitrogens with zero attached hydrogens (tertiary/aromatic N) is 1. The van der Waals surface area contributed by atoms with Crippen molar-refractivity contribution in [1.82, 2.24) is 0 Å². The lowest BCUT2D eigenvalue weighted by Crippen LogP contribution is -1.96. The van der Waals surface area contributed by atoms with Gasteiger partial charge in [-0.1, -0.05) is 0 Å². The molecule has 70 valence electrons. The number of hydrogen-bond donors (Lipinski definition) is 1. The maximum Gasteiger partial charge on any atom is 0.122 e. The average molecular weight is 186 g/mol. The molecule has 1 aromatic carbocycles. The van der Waals surface area contributed by atoms with Crippen molar-refractivity contribution >= 4 is 5.70 Å². The van der Waals surface area contributed by atoms with Crippen LogP contribution in [0.5, 0.6) is 5.75 Å². The molecule has 0 radical (unpaired) electrons. The van der Waals surface area contributed by atoms with Gasteiger partial charge < -0.3 is 10.5 Å². The van der Waals surface area contributed by atoms with E-state index in [1.165, 1.54) is 6.08 Å². The van der Waals surface area contributed by atoms with Crippen LogP contribution in [0.2, 0.25) is 0 Å². The van der Waals surface area contributed by atoms with Crippen LogP contribution in [0, 0.1) is 11.3 Å². The number of ether oxygens (including phenoxy) is 1. The van der Waals surface area contributed by atoms with Gasteiger partial charge in [-0.05, 0) is 29.3 Å². The zero-order valence-electron chi connectivity index (χ0n) is 7.66. The molecule has 0 aromatic heterocycles. The molecule has 0 bridgehead atoms. The van der Waals surface area contributed by atoms with E-state index < -0.39 is 0 Å². The fourth-order valence-corrected chi connectivity index (χ4v) is 1.52. The molecule has 3 heteroatoms. The Labute approximate surface area is 82.4 Å². The first-order chi connectivity index (χ1) is 6.81. The Hall–Kier alpha value is -1.95. The molecule has 0 saturated heterocycles. The van der Waals surface area contributed by atoms with Gasteiger partial charge >= 0.3 is 0 Å². The molecule has 0 fully saturated rings. The Balaban J connectivity index is 2.39. The number of nitriles is 1. The topological polar surface area (TPSA) is 59.0 Å². The lowest BCUT2D eigenvalue weighted by molar-refractivity contribution is 0.357. The average Bonchev–Trinajstić information content (AvgIpc) is 2.64. The van der Waals surface area contributed by atoms with E-state index in [1.807, 2.05) is 24.3 Å².